The average Bonchev–Trinajstić information content (AvgIpc) is 3.17. The lowest BCUT2D eigenvalue weighted by molar-refractivity contribution is 0.0941. The van der Waals surface area contributed by atoms with E-state index in [1.807, 2.05) is 0 Å². The number of halogens is 3. The number of carbonyl (C=O) groups is 2. The Kier molecular flexibility index (Phi) is 5.90. The van der Waals surface area contributed by atoms with Crippen LogP contribution in [0.25, 0.3) is 0 Å². The van der Waals surface area contributed by atoms with Crippen molar-refractivity contribution in [3.63, 3.8) is 0 Å². The van der Waals surface area contributed by atoms with Crippen LogP contribution in [0.1, 0.15) is 38.2 Å². The Bertz CT molecular complexity index is 1110. The summed E-state index contributed by atoms with van der Waals surface area (Å²) in [6.45, 7) is 3.63. The van der Waals surface area contributed by atoms with Crippen LogP contribution in [0.15, 0.2) is 22.6 Å². The van der Waals surface area contributed by atoms with Crippen LogP contribution in [0.5, 0.6) is 0 Å². The van der Waals surface area contributed by atoms with Gasteiger partial charge in [0.2, 0.25) is 0 Å². The minimum Gasteiger partial charge on any atom is -0.444 e. The molecule has 0 unspecified atom stereocenters. The Hall–Kier alpha value is -2.91. The normalized spacial score (nSPS) is 10.8. The zero-order chi connectivity index (χ0) is 21.3. The molecule has 2 heterocycles. The molecule has 152 valence electrons. The van der Waals surface area contributed by atoms with Crippen LogP contribution >= 0.6 is 23.2 Å². The van der Waals surface area contributed by atoms with Gasteiger partial charge in [-0.15, -0.1) is 0 Å². The zero-order valence-corrected chi connectivity index (χ0v) is 17.2. The molecule has 2 N–H and O–H groups in total. The van der Waals surface area contributed by atoms with Crippen molar-refractivity contribution in [2.75, 3.05) is 5.32 Å². The third kappa shape index (κ3) is 4.57. The predicted octanol–water partition coefficient (Wildman–Crippen LogP) is 3.65. The van der Waals surface area contributed by atoms with Gasteiger partial charge in [-0.3, -0.25) is 14.3 Å². The van der Waals surface area contributed by atoms with Gasteiger partial charge in [-0.05, 0) is 19.1 Å². The second-order valence-corrected chi connectivity index (χ2v) is 6.98. The lowest BCUT2D eigenvalue weighted by Crippen LogP contribution is -2.23. The first kappa shape index (κ1) is 20.8. The topological polar surface area (TPSA) is 102 Å². The number of benzene rings is 1. The van der Waals surface area contributed by atoms with Gasteiger partial charge in [0.05, 0.1) is 27.8 Å². The first-order valence-electron chi connectivity index (χ1n) is 8.36. The van der Waals surface area contributed by atoms with Crippen molar-refractivity contribution in [1.29, 1.82) is 0 Å². The van der Waals surface area contributed by atoms with Gasteiger partial charge >= 0.3 is 0 Å². The van der Waals surface area contributed by atoms with Crippen LogP contribution in [-0.2, 0) is 13.6 Å². The van der Waals surface area contributed by atoms with Gasteiger partial charge in [-0.1, -0.05) is 23.2 Å². The van der Waals surface area contributed by atoms with Crippen LogP contribution in [0.2, 0.25) is 10.0 Å². The number of nitrogens with one attached hydrogen (secondary N) is 2. The van der Waals surface area contributed by atoms with Crippen molar-refractivity contribution in [3.8, 4) is 0 Å². The second-order valence-electron chi connectivity index (χ2n) is 6.16. The third-order valence-electron chi connectivity index (χ3n) is 4.02. The molecular weight excluding hydrogens is 424 g/mol. The molecule has 3 rings (SSSR count). The molecule has 1 aromatic carbocycles. The SMILES string of the molecule is Cc1nc(C)c(CNC(=O)c2cc(NC(=O)c3cc(F)c(Cl)cc3Cl)n(C)n2)o1. The van der Waals surface area contributed by atoms with Crippen LogP contribution < -0.4 is 10.6 Å². The number of hydrogen-bond donors (Lipinski definition) is 2. The highest BCUT2D eigenvalue weighted by molar-refractivity contribution is 6.37. The summed E-state index contributed by atoms with van der Waals surface area (Å²) in [5.74, 6) is -0.646. The van der Waals surface area contributed by atoms with Crippen molar-refractivity contribution >= 4 is 40.8 Å². The van der Waals surface area contributed by atoms with Crippen molar-refractivity contribution in [1.82, 2.24) is 20.1 Å². The smallest absolute Gasteiger partial charge is 0.272 e. The van der Waals surface area contributed by atoms with Crippen molar-refractivity contribution in [2.24, 2.45) is 7.05 Å². The molecule has 0 saturated carbocycles. The summed E-state index contributed by atoms with van der Waals surface area (Å²) in [7, 11) is 1.54. The molecule has 2 amide bonds. The van der Waals surface area contributed by atoms with E-state index in [2.05, 4.69) is 20.7 Å². The number of amides is 2. The van der Waals surface area contributed by atoms with E-state index < -0.39 is 17.6 Å². The fourth-order valence-corrected chi connectivity index (χ4v) is 3.03. The number of oxazole rings is 1. The van der Waals surface area contributed by atoms with Gasteiger partial charge in [0, 0.05) is 20.0 Å². The number of anilines is 1. The lowest BCUT2D eigenvalue weighted by Gasteiger charge is -2.07. The number of hydrogen-bond acceptors (Lipinski definition) is 5. The quantitative estimate of drug-likeness (QED) is 0.590. The van der Waals surface area contributed by atoms with Crippen LogP contribution in [0.3, 0.4) is 0 Å². The fourth-order valence-electron chi connectivity index (χ4n) is 2.56. The highest BCUT2D eigenvalue weighted by atomic mass is 35.5. The molecule has 0 saturated heterocycles. The van der Waals surface area contributed by atoms with E-state index >= 15 is 0 Å². The van der Waals surface area contributed by atoms with E-state index in [1.54, 1.807) is 20.9 Å². The number of nitrogens with zero attached hydrogens (tertiary/aromatic N) is 3. The third-order valence-corrected chi connectivity index (χ3v) is 4.62. The molecule has 0 radical (unpaired) electrons. The number of aromatic nitrogens is 3. The minimum absolute atomic E-state index is 0.00763. The Morgan fingerprint density at radius 3 is 2.55 bits per heavy atom. The van der Waals surface area contributed by atoms with Gasteiger partial charge in [0.15, 0.2) is 11.6 Å². The fraction of sp³-hybridized carbons (Fsp3) is 0.222. The van der Waals surface area contributed by atoms with Gasteiger partial charge in [0.25, 0.3) is 11.8 Å². The number of rotatable bonds is 5. The minimum atomic E-state index is -0.774. The van der Waals surface area contributed by atoms with E-state index in [9.17, 15) is 14.0 Å². The van der Waals surface area contributed by atoms with Crippen molar-refractivity contribution in [3.05, 3.63) is 62.7 Å². The van der Waals surface area contributed by atoms with Crippen LogP contribution in [0, 0.1) is 19.7 Å². The van der Waals surface area contributed by atoms with E-state index in [4.69, 9.17) is 27.6 Å². The van der Waals surface area contributed by atoms with E-state index in [0.717, 1.165) is 12.1 Å². The molecule has 0 aliphatic rings. The summed E-state index contributed by atoms with van der Waals surface area (Å²) in [4.78, 5) is 28.9. The van der Waals surface area contributed by atoms with Gasteiger partial charge in [0.1, 0.15) is 17.4 Å². The maximum absolute atomic E-state index is 13.6. The maximum Gasteiger partial charge on any atom is 0.272 e. The molecule has 3 aromatic rings. The van der Waals surface area contributed by atoms with E-state index in [-0.39, 0.29) is 33.7 Å². The summed E-state index contributed by atoms with van der Waals surface area (Å²) >= 11 is 11.6. The number of carbonyl (C=O) groups excluding carboxylic acids is 2. The Morgan fingerprint density at radius 1 is 1.17 bits per heavy atom. The summed E-state index contributed by atoms with van der Waals surface area (Å²) in [6.07, 6.45) is 0. The molecule has 0 atom stereocenters. The Labute approximate surface area is 175 Å². The van der Waals surface area contributed by atoms with Crippen molar-refractivity contribution < 1.29 is 18.4 Å². The summed E-state index contributed by atoms with van der Waals surface area (Å²) in [5.41, 5.74) is 0.658. The first-order valence-corrected chi connectivity index (χ1v) is 9.12. The Morgan fingerprint density at radius 2 is 1.90 bits per heavy atom. The maximum atomic E-state index is 13.6. The standard InChI is InChI=1S/C18H16Cl2FN5O3/c1-8-15(29-9(2)23-8)7-22-18(28)14-6-16(26(3)25-14)24-17(27)10-4-13(21)12(20)5-11(10)19/h4-6H,7H2,1-3H3,(H,22,28)(H,24,27). The van der Waals surface area contributed by atoms with E-state index in [1.165, 1.54) is 10.7 Å². The molecule has 8 nitrogen and oxygen atoms in total. The monoisotopic (exact) mass is 439 g/mol. The molecule has 29 heavy (non-hydrogen) atoms. The molecule has 0 aliphatic heterocycles. The van der Waals surface area contributed by atoms with Gasteiger partial charge in [-0.25, -0.2) is 9.37 Å². The highest BCUT2D eigenvalue weighted by Gasteiger charge is 2.19. The average molecular weight is 440 g/mol. The molecule has 11 heteroatoms. The van der Waals surface area contributed by atoms with E-state index in [0.29, 0.717) is 17.3 Å². The molecular formula is C18H16Cl2FN5O3. The molecule has 2 aromatic heterocycles. The summed E-state index contributed by atoms with van der Waals surface area (Å²) in [6, 6.07) is 3.46. The van der Waals surface area contributed by atoms with Crippen LogP contribution in [-0.4, -0.2) is 26.6 Å². The lowest BCUT2D eigenvalue weighted by atomic mass is 10.2. The van der Waals surface area contributed by atoms with Gasteiger partial charge in [-0.2, -0.15) is 5.10 Å². The first-order chi connectivity index (χ1) is 13.7. The zero-order valence-electron chi connectivity index (χ0n) is 15.6. The van der Waals surface area contributed by atoms with Crippen LogP contribution in [0.4, 0.5) is 10.2 Å². The summed E-state index contributed by atoms with van der Waals surface area (Å²) < 4.78 is 20.4. The molecule has 0 spiro atoms. The largest absolute Gasteiger partial charge is 0.444 e. The number of aryl methyl sites for hydroxylation is 3. The summed E-state index contributed by atoms with van der Waals surface area (Å²) in [5, 5.41) is 9.07. The van der Waals surface area contributed by atoms with Gasteiger partial charge < -0.3 is 15.1 Å². The predicted molar refractivity (Wildman–Crippen MR) is 105 cm³/mol. The highest BCUT2D eigenvalue weighted by Crippen LogP contribution is 2.25. The molecule has 0 bridgehead atoms. The molecule has 0 fully saturated rings. The molecule has 0 aliphatic carbocycles. The second kappa shape index (κ2) is 8.22. The van der Waals surface area contributed by atoms with Crippen molar-refractivity contribution in [2.45, 2.75) is 20.4 Å². The Balaban J connectivity index is 1.71.